The van der Waals surface area contributed by atoms with Crippen LogP contribution < -0.4 is 5.32 Å². The molecule has 0 bridgehead atoms. The van der Waals surface area contributed by atoms with E-state index >= 15 is 0 Å². The van der Waals surface area contributed by atoms with Gasteiger partial charge in [-0.1, -0.05) is 11.6 Å². The van der Waals surface area contributed by atoms with E-state index < -0.39 is 24.6 Å². The van der Waals surface area contributed by atoms with Crippen LogP contribution in [0.15, 0.2) is 18.2 Å². The number of aryl methyl sites for hydroxylation is 1. The quantitative estimate of drug-likeness (QED) is 0.695. The van der Waals surface area contributed by atoms with Gasteiger partial charge in [-0.25, -0.2) is 4.79 Å². The van der Waals surface area contributed by atoms with Crippen molar-refractivity contribution in [3.05, 3.63) is 51.3 Å². The van der Waals surface area contributed by atoms with E-state index in [1.807, 2.05) is 6.07 Å². The van der Waals surface area contributed by atoms with Gasteiger partial charge in [0.05, 0.1) is 16.7 Å². The number of ether oxygens (including phenoxy) is 1. The first-order valence-electron chi connectivity index (χ1n) is 7.78. The van der Waals surface area contributed by atoms with Gasteiger partial charge >= 0.3 is 5.97 Å². The van der Waals surface area contributed by atoms with E-state index in [4.69, 9.17) is 21.6 Å². The van der Waals surface area contributed by atoms with E-state index in [1.54, 1.807) is 20.8 Å². The molecule has 0 saturated carbocycles. The van der Waals surface area contributed by atoms with Crippen LogP contribution in [0.5, 0.6) is 0 Å². The maximum Gasteiger partial charge on any atom is 0.355 e. The molecule has 0 aliphatic rings. The zero-order chi connectivity index (χ0) is 19.4. The van der Waals surface area contributed by atoms with E-state index in [9.17, 15) is 14.7 Å². The Hall–Kier alpha value is -2.82. The summed E-state index contributed by atoms with van der Waals surface area (Å²) in [5.74, 6) is -1.23. The molecule has 2 aromatic rings. The maximum atomic E-state index is 12.2. The Morgan fingerprint density at radius 3 is 2.65 bits per heavy atom. The number of esters is 1. The number of rotatable bonds is 5. The molecular formula is C18H18ClN3O4. The Labute approximate surface area is 155 Å². The van der Waals surface area contributed by atoms with Crippen molar-refractivity contribution in [3.63, 3.8) is 0 Å². The van der Waals surface area contributed by atoms with Crippen LogP contribution in [0.1, 0.15) is 45.9 Å². The summed E-state index contributed by atoms with van der Waals surface area (Å²) in [6.07, 6.45) is -0.725. The van der Waals surface area contributed by atoms with Gasteiger partial charge < -0.3 is 20.1 Å². The van der Waals surface area contributed by atoms with E-state index in [2.05, 4.69) is 10.3 Å². The molecule has 1 atom stereocenters. The zero-order valence-electron chi connectivity index (χ0n) is 14.5. The van der Waals surface area contributed by atoms with Crippen LogP contribution in [0.25, 0.3) is 0 Å². The molecule has 0 saturated heterocycles. The molecule has 136 valence electrons. The molecule has 0 fully saturated rings. The number of aliphatic hydroxyl groups excluding tert-OH is 1. The first kappa shape index (κ1) is 19.5. The molecule has 2 rings (SSSR count). The number of hydrogen-bond donors (Lipinski definition) is 3. The monoisotopic (exact) mass is 375 g/mol. The molecule has 3 N–H and O–H groups in total. The van der Waals surface area contributed by atoms with Gasteiger partial charge in [-0.15, -0.1) is 0 Å². The maximum absolute atomic E-state index is 12.2. The lowest BCUT2D eigenvalue weighted by atomic mass is 10.1. The summed E-state index contributed by atoms with van der Waals surface area (Å²) in [4.78, 5) is 27.0. The molecule has 0 aliphatic carbocycles. The molecule has 1 aromatic heterocycles. The van der Waals surface area contributed by atoms with Crippen molar-refractivity contribution in [1.82, 2.24) is 4.98 Å². The van der Waals surface area contributed by atoms with Gasteiger partial charge in [0.15, 0.2) is 6.61 Å². The molecule has 0 radical (unpaired) electrons. The summed E-state index contributed by atoms with van der Waals surface area (Å²) in [6, 6.07) is 6.36. The number of amides is 1. The summed E-state index contributed by atoms with van der Waals surface area (Å²) in [6.45, 7) is 4.56. The number of anilines is 1. The third-order valence-corrected chi connectivity index (χ3v) is 4.14. The standard InChI is InChI=1S/C18H18ClN3O4/c1-9-16(11(3)23)10(2)21-17(9)18(25)26-8-15(24)22-13-5-4-12(7-20)14(19)6-13/h4-6,11,21,23H,8H2,1-3H3,(H,22,24)/t11-/m0/s1. The van der Waals surface area contributed by atoms with Crippen LogP contribution in [0.4, 0.5) is 5.69 Å². The van der Waals surface area contributed by atoms with E-state index in [1.165, 1.54) is 18.2 Å². The smallest absolute Gasteiger partial charge is 0.355 e. The lowest BCUT2D eigenvalue weighted by molar-refractivity contribution is -0.119. The fraction of sp³-hybridized carbons (Fsp3) is 0.278. The molecule has 8 heteroatoms. The Balaban J connectivity index is 1.99. The predicted octanol–water partition coefficient (Wildman–Crippen LogP) is 3.01. The second-order valence-electron chi connectivity index (χ2n) is 5.77. The van der Waals surface area contributed by atoms with Crippen molar-refractivity contribution in [3.8, 4) is 6.07 Å². The summed E-state index contributed by atoms with van der Waals surface area (Å²) in [7, 11) is 0. The summed E-state index contributed by atoms with van der Waals surface area (Å²) < 4.78 is 5.02. The molecular weight excluding hydrogens is 358 g/mol. The van der Waals surface area contributed by atoms with Gasteiger partial charge in [-0.2, -0.15) is 5.26 Å². The number of aromatic amines is 1. The van der Waals surface area contributed by atoms with Crippen LogP contribution in [-0.4, -0.2) is 28.6 Å². The van der Waals surface area contributed by atoms with Crippen LogP contribution in [0.3, 0.4) is 0 Å². The van der Waals surface area contributed by atoms with Crippen molar-refractivity contribution in [2.24, 2.45) is 0 Å². The average molecular weight is 376 g/mol. The number of nitriles is 1. The lowest BCUT2D eigenvalue weighted by Gasteiger charge is -2.08. The van der Waals surface area contributed by atoms with E-state index in [0.29, 0.717) is 28.1 Å². The van der Waals surface area contributed by atoms with Gasteiger partial charge in [-0.05, 0) is 44.5 Å². The van der Waals surface area contributed by atoms with Crippen LogP contribution in [0, 0.1) is 25.2 Å². The number of benzene rings is 1. The number of nitrogens with zero attached hydrogens (tertiary/aromatic N) is 1. The number of carbonyl (C=O) groups excluding carboxylic acids is 2. The highest BCUT2D eigenvalue weighted by molar-refractivity contribution is 6.32. The third kappa shape index (κ3) is 4.23. The fourth-order valence-electron chi connectivity index (χ4n) is 2.68. The molecule has 7 nitrogen and oxygen atoms in total. The minimum absolute atomic E-state index is 0.201. The normalized spacial score (nSPS) is 11.5. The first-order valence-corrected chi connectivity index (χ1v) is 8.16. The van der Waals surface area contributed by atoms with E-state index in [0.717, 1.165) is 0 Å². The van der Waals surface area contributed by atoms with Crippen LogP contribution in [0.2, 0.25) is 5.02 Å². The topological polar surface area (TPSA) is 115 Å². The van der Waals surface area contributed by atoms with Crippen molar-refractivity contribution < 1.29 is 19.4 Å². The second-order valence-corrected chi connectivity index (χ2v) is 6.18. The van der Waals surface area contributed by atoms with Crippen molar-refractivity contribution in [2.75, 3.05) is 11.9 Å². The molecule has 0 unspecified atom stereocenters. The molecule has 1 heterocycles. The fourth-order valence-corrected chi connectivity index (χ4v) is 2.90. The van der Waals surface area contributed by atoms with Gasteiger partial charge in [0.1, 0.15) is 11.8 Å². The molecule has 0 aliphatic heterocycles. The lowest BCUT2D eigenvalue weighted by Crippen LogP contribution is -2.21. The highest BCUT2D eigenvalue weighted by Crippen LogP contribution is 2.25. The highest BCUT2D eigenvalue weighted by atomic mass is 35.5. The Morgan fingerprint density at radius 2 is 2.12 bits per heavy atom. The predicted molar refractivity (Wildman–Crippen MR) is 96.0 cm³/mol. The SMILES string of the molecule is Cc1[nH]c(C(=O)OCC(=O)Nc2ccc(C#N)c(Cl)c2)c(C)c1[C@H](C)O. The van der Waals surface area contributed by atoms with Crippen LogP contribution >= 0.6 is 11.6 Å². The Bertz CT molecular complexity index is 897. The van der Waals surface area contributed by atoms with Crippen LogP contribution in [-0.2, 0) is 9.53 Å². The number of aromatic nitrogens is 1. The number of carbonyl (C=O) groups is 2. The number of nitrogens with one attached hydrogen (secondary N) is 2. The third-order valence-electron chi connectivity index (χ3n) is 3.83. The molecule has 1 amide bonds. The first-order chi connectivity index (χ1) is 12.2. The number of H-pyrrole nitrogens is 1. The van der Waals surface area contributed by atoms with E-state index in [-0.39, 0.29) is 10.7 Å². The average Bonchev–Trinajstić information content (AvgIpc) is 2.87. The van der Waals surface area contributed by atoms with Gasteiger partial charge in [0.25, 0.3) is 5.91 Å². The minimum Gasteiger partial charge on any atom is -0.451 e. The van der Waals surface area contributed by atoms with Gasteiger partial charge in [0.2, 0.25) is 0 Å². The van der Waals surface area contributed by atoms with Gasteiger partial charge in [-0.3, -0.25) is 4.79 Å². The summed E-state index contributed by atoms with van der Waals surface area (Å²) in [5.41, 5.74) is 2.77. The van der Waals surface area contributed by atoms with Gasteiger partial charge in [0, 0.05) is 16.9 Å². The molecule has 0 spiro atoms. The summed E-state index contributed by atoms with van der Waals surface area (Å²) >= 11 is 5.90. The number of aliphatic hydroxyl groups is 1. The highest BCUT2D eigenvalue weighted by Gasteiger charge is 2.21. The van der Waals surface area contributed by atoms with Crippen molar-refractivity contribution in [1.29, 1.82) is 5.26 Å². The minimum atomic E-state index is -0.725. The Kier molecular flexibility index (Phi) is 6.03. The largest absolute Gasteiger partial charge is 0.451 e. The Morgan fingerprint density at radius 1 is 1.42 bits per heavy atom. The summed E-state index contributed by atoms with van der Waals surface area (Å²) in [5, 5.41) is 21.3. The van der Waals surface area contributed by atoms with Crippen molar-refractivity contribution in [2.45, 2.75) is 26.9 Å². The number of halogens is 1. The van der Waals surface area contributed by atoms with Crippen molar-refractivity contribution >= 4 is 29.2 Å². The second kappa shape index (κ2) is 8.04. The molecule has 26 heavy (non-hydrogen) atoms. The number of hydrogen-bond acceptors (Lipinski definition) is 5. The zero-order valence-corrected chi connectivity index (χ0v) is 15.3. The molecule has 1 aromatic carbocycles.